The van der Waals surface area contributed by atoms with Crippen molar-refractivity contribution in [2.24, 2.45) is 11.8 Å². The van der Waals surface area contributed by atoms with E-state index in [-0.39, 0.29) is 29.8 Å². The lowest BCUT2D eigenvalue weighted by molar-refractivity contribution is -0.142. The molecule has 0 spiro atoms. The number of likely N-dealkylation sites (tertiary alicyclic amines) is 1. The number of aromatic amines is 1. The second-order valence-electron chi connectivity index (χ2n) is 9.39. The van der Waals surface area contributed by atoms with Gasteiger partial charge in [-0.25, -0.2) is 4.98 Å². The molecule has 0 saturated carbocycles. The first-order valence-corrected chi connectivity index (χ1v) is 11.1. The molecule has 4 heterocycles. The number of hydrogen-bond donors (Lipinski definition) is 1. The molecule has 3 aliphatic heterocycles. The normalized spacial score (nSPS) is 28.3. The SMILES string of the molecule is Cc1nc(CN2CC(=O)N3[C@H](C[C@@H](C(=O)N4CCCCC4)[C@H]3CC(C)C)C2)n[nH]1. The number of carbonyl (C=O) groups excluding carboxylic acids is 2. The molecule has 0 aliphatic carbocycles. The van der Waals surface area contributed by atoms with Crippen LogP contribution in [0, 0.1) is 18.8 Å². The predicted molar refractivity (Wildman–Crippen MR) is 109 cm³/mol. The van der Waals surface area contributed by atoms with Gasteiger partial charge in [-0.2, -0.15) is 5.10 Å². The second-order valence-corrected chi connectivity index (χ2v) is 9.39. The Bertz CT molecular complexity index is 741. The lowest BCUT2D eigenvalue weighted by Crippen LogP contribution is -2.56. The number of rotatable bonds is 5. The minimum Gasteiger partial charge on any atom is -0.342 e. The fraction of sp³-hybridized carbons (Fsp3) is 0.810. The van der Waals surface area contributed by atoms with Crippen LogP contribution in [0.2, 0.25) is 0 Å². The van der Waals surface area contributed by atoms with Crippen LogP contribution in [0.5, 0.6) is 0 Å². The molecular weight excluding hydrogens is 368 g/mol. The number of piperazine rings is 1. The minimum absolute atomic E-state index is 0.0369. The number of nitrogens with one attached hydrogen (secondary N) is 1. The van der Waals surface area contributed by atoms with Gasteiger partial charge in [-0.05, 0) is 44.9 Å². The zero-order valence-electron chi connectivity index (χ0n) is 17.9. The zero-order chi connectivity index (χ0) is 20.5. The molecule has 3 saturated heterocycles. The van der Waals surface area contributed by atoms with Crippen LogP contribution in [0.25, 0.3) is 0 Å². The highest BCUT2D eigenvalue weighted by Gasteiger charge is 2.50. The summed E-state index contributed by atoms with van der Waals surface area (Å²) in [6.07, 6.45) is 5.09. The Labute approximate surface area is 173 Å². The summed E-state index contributed by atoms with van der Waals surface area (Å²) in [5.74, 6) is 2.32. The third-order valence-electron chi connectivity index (χ3n) is 6.56. The van der Waals surface area contributed by atoms with Gasteiger partial charge in [0.1, 0.15) is 5.82 Å². The van der Waals surface area contributed by atoms with Crippen LogP contribution in [-0.4, -0.2) is 80.0 Å². The van der Waals surface area contributed by atoms with Crippen LogP contribution in [-0.2, 0) is 16.1 Å². The first-order chi connectivity index (χ1) is 13.9. The maximum absolute atomic E-state index is 13.4. The molecule has 160 valence electrons. The Morgan fingerprint density at radius 1 is 1.24 bits per heavy atom. The third kappa shape index (κ3) is 4.32. The molecule has 29 heavy (non-hydrogen) atoms. The number of aromatic nitrogens is 3. The number of amides is 2. The van der Waals surface area contributed by atoms with Crippen molar-refractivity contribution in [2.45, 2.75) is 71.5 Å². The maximum Gasteiger partial charge on any atom is 0.237 e. The topological polar surface area (TPSA) is 85.4 Å². The number of hydrogen-bond acceptors (Lipinski definition) is 5. The van der Waals surface area contributed by atoms with Crippen molar-refractivity contribution in [2.75, 3.05) is 26.2 Å². The van der Waals surface area contributed by atoms with Crippen LogP contribution in [0.4, 0.5) is 0 Å². The third-order valence-corrected chi connectivity index (χ3v) is 6.56. The van der Waals surface area contributed by atoms with Gasteiger partial charge in [-0.3, -0.25) is 19.6 Å². The van der Waals surface area contributed by atoms with E-state index < -0.39 is 0 Å². The van der Waals surface area contributed by atoms with Crippen molar-refractivity contribution in [1.82, 2.24) is 29.9 Å². The molecule has 3 aliphatic rings. The van der Waals surface area contributed by atoms with Crippen molar-refractivity contribution in [3.63, 3.8) is 0 Å². The Morgan fingerprint density at radius 2 is 2.00 bits per heavy atom. The highest BCUT2D eigenvalue weighted by Crippen LogP contribution is 2.38. The van der Waals surface area contributed by atoms with Crippen molar-refractivity contribution < 1.29 is 9.59 Å². The molecule has 3 atom stereocenters. The molecule has 3 fully saturated rings. The standard InChI is InChI=1S/C21H34N6O2/c1-14(2)9-18-17(21(29)26-7-5-4-6-8-26)10-16-11-25(13-20(28)27(16)18)12-19-22-15(3)23-24-19/h14,16-18H,4-13H2,1-3H3,(H,22,23,24)/t16-,17-,18-/m1/s1. The van der Waals surface area contributed by atoms with Crippen molar-refractivity contribution >= 4 is 11.8 Å². The summed E-state index contributed by atoms with van der Waals surface area (Å²) >= 11 is 0. The Hall–Kier alpha value is -1.96. The molecule has 0 bridgehead atoms. The molecule has 1 aromatic rings. The van der Waals surface area contributed by atoms with E-state index in [1.807, 2.05) is 6.92 Å². The Balaban J connectivity index is 1.50. The number of carbonyl (C=O) groups is 2. The number of nitrogens with zero attached hydrogens (tertiary/aromatic N) is 5. The van der Waals surface area contributed by atoms with E-state index >= 15 is 0 Å². The van der Waals surface area contributed by atoms with Gasteiger partial charge in [0.2, 0.25) is 11.8 Å². The largest absolute Gasteiger partial charge is 0.342 e. The number of fused-ring (bicyclic) bond motifs is 1. The van der Waals surface area contributed by atoms with Crippen molar-refractivity contribution in [3.05, 3.63) is 11.6 Å². The van der Waals surface area contributed by atoms with E-state index in [1.165, 1.54) is 6.42 Å². The van der Waals surface area contributed by atoms with E-state index in [0.717, 1.165) is 57.0 Å². The molecular formula is C21H34N6O2. The summed E-state index contributed by atoms with van der Waals surface area (Å²) in [7, 11) is 0. The van der Waals surface area contributed by atoms with Crippen molar-refractivity contribution in [1.29, 1.82) is 0 Å². The summed E-state index contributed by atoms with van der Waals surface area (Å²) in [4.78, 5) is 37.1. The van der Waals surface area contributed by atoms with Crippen molar-refractivity contribution in [3.8, 4) is 0 Å². The summed E-state index contributed by atoms with van der Waals surface area (Å²) < 4.78 is 0. The minimum atomic E-state index is -0.0600. The highest BCUT2D eigenvalue weighted by atomic mass is 16.2. The zero-order valence-corrected chi connectivity index (χ0v) is 17.9. The quantitative estimate of drug-likeness (QED) is 0.808. The Morgan fingerprint density at radius 3 is 2.66 bits per heavy atom. The molecule has 0 radical (unpaired) electrons. The first kappa shape index (κ1) is 20.3. The molecule has 1 N–H and O–H groups in total. The second kappa shape index (κ2) is 8.42. The summed E-state index contributed by atoms with van der Waals surface area (Å²) in [5.41, 5.74) is 0. The van der Waals surface area contributed by atoms with Gasteiger partial charge in [0.05, 0.1) is 19.0 Å². The molecule has 0 aromatic carbocycles. The van der Waals surface area contributed by atoms with Gasteiger partial charge in [-0.1, -0.05) is 13.8 Å². The number of H-pyrrole nitrogens is 1. The summed E-state index contributed by atoms with van der Waals surface area (Å²) in [6, 6.07) is 0.147. The highest BCUT2D eigenvalue weighted by molar-refractivity contribution is 5.85. The van der Waals surface area contributed by atoms with Gasteiger partial charge >= 0.3 is 0 Å². The average molecular weight is 403 g/mol. The van der Waals surface area contributed by atoms with Gasteiger partial charge < -0.3 is 9.80 Å². The molecule has 0 unspecified atom stereocenters. The van der Waals surface area contributed by atoms with E-state index in [4.69, 9.17) is 0 Å². The molecule has 4 rings (SSSR count). The predicted octanol–water partition coefficient (Wildman–Crippen LogP) is 1.57. The van der Waals surface area contributed by atoms with Crippen LogP contribution in [0.15, 0.2) is 0 Å². The van der Waals surface area contributed by atoms with Crippen LogP contribution in [0.3, 0.4) is 0 Å². The smallest absolute Gasteiger partial charge is 0.237 e. The molecule has 1 aromatic heterocycles. The van der Waals surface area contributed by atoms with Gasteiger partial charge in [0.15, 0.2) is 5.82 Å². The van der Waals surface area contributed by atoms with E-state index in [2.05, 4.69) is 43.7 Å². The lowest BCUT2D eigenvalue weighted by atomic mass is 9.90. The molecule has 2 amide bonds. The fourth-order valence-electron chi connectivity index (χ4n) is 5.37. The van der Waals surface area contributed by atoms with E-state index in [0.29, 0.717) is 19.0 Å². The van der Waals surface area contributed by atoms with Gasteiger partial charge in [-0.15, -0.1) is 0 Å². The fourth-order valence-corrected chi connectivity index (χ4v) is 5.37. The maximum atomic E-state index is 13.4. The average Bonchev–Trinajstić information content (AvgIpc) is 3.25. The number of piperidine rings is 1. The van der Waals surface area contributed by atoms with Crippen LogP contribution >= 0.6 is 0 Å². The van der Waals surface area contributed by atoms with Crippen LogP contribution < -0.4 is 0 Å². The van der Waals surface area contributed by atoms with E-state index in [1.54, 1.807) is 0 Å². The lowest BCUT2D eigenvalue weighted by Gasteiger charge is -2.40. The number of aryl methyl sites for hydroxylation is 1. The monoisotopic (exact) mass is 402 g/mol. The van der Waals surface area contributed by atoms with E-state index in [9.17, 15) is 9.59 Å². The Kier molecular flexibility index (Phi) is 5.90. The van der Waals surface area contributed by atoms with Gasteiger partial charge in [0, 0.05) is 31.7 Å². The molecule has 8 heteroatoms. The molecule has 8 nitrogen and oxygen atoms in total. The summed E-state index contributed by atoms with van der Waals surface area (Å²) in [5, 5.41) is 7.09. The summed E-state index contributed by atoms with van der Waals surface area (Å²) in [6.45, 7) is 9.73. The van der Waals surface area contributed by atoms with Crippen LogP contribution in [0.1, 0.15) is 57.6 Å². The first-order valence-electron chi connectivity index (χ1n) is 11.1. The van der Waals surface area contributed by atoms with Gasteiger partial charge in [0.25, 0.3) is 0 Å².